The summed E-state index contributed by atoms with van der Waals surface area (Å²) in [4.78, 5) is 35.9. The number of nitrogens with zero attached hydrogens (tertiary/aromatic N) is 1. The molecule has 0 aromatic heterocycles. The summed E-state index contributed by atoms with van der Waals surface area (Å²) in [5.74, 6) is -0.811. The van der Waals surface area contributed by atoms with E-state index in [-0.39, 0.29) is 32.0 Å². The second-order valence-corrected chi connectivity index (χ2v) is 26.0. The van der Waals surface area contributed by atoms with Gasteiger partial charge in [-0.2, -0.15) is 0 Å². The zero-order valence-electron chi connectivity index (χ0n) is 58.1. The van der Waals surface area contributed by atoms with Crippen LogP contribution in [-0.4, -0.2) is 74.9 Å². The quantitative estimate of drug-likeness (QED) is 0.0211. The third-order valence-corrected chi connectivity index (χ3v) is 15.7. The predicted octanol–water partition coefficient (Wildman–Crippen LogP) is 23.7. The molecule has 510 valence electrons. The van der Waals surface area contributed by atoms with Gasteiger partial charge in [-0.05, 0) is 128 Å². The Labute approximate surface area is 553 Å². The van der Waals surface area contributed by atoms with Crippen LogP contribution < -0.4 is 0 Å². The fourth-order valence-corrected chi connectivity index (χ4v) is 10.1. The summed E-state index contributed by atoms with van der Waals surface area (Å²) < 4.78 is 34.7. The molecule has 0 saturated carbocycles. The molecule has 90 heavy (non-hydrogen) atoms. The van der Waals surface area contributed by atoms with Gasteiger partial charge >= 0.3 is 19.8 Å². The molecular formula is C80H133NO8P+. The van der Waals surface area contributed by atoms with Crippen LogP contribution in [0.4, 0.5) is 0 Å². The van der Waals surface area contributed by atoms with E-state index in [1.165, 1.54) is 96.3 Å². The van der Waals surface area contributed by atoms with Crippen LogP contribution >= 0.6 is 7.82 Å². The first-order valence-corrected chi connectivity index (χ1v) is 37.4. The Balaban J connectivity index is 4.10. The second kappa shape index (κ2) is 68.7. The van der Waals surface area contributed by atoms with Gasteiger partial charge in [0.05, 0.1) is 27.7 Å². The number of rotatable bonds is 64. The lowest BCUT2D eigenvalue weighted by Crippen LogP contribution is -2.37. The van der Waals surface area contributed by atoms with Crippen LogP contribution in [0, 0.1) is 0 Å². The van der Waals surface area contributed by atoms with Crippen molar-refractivity contribution in [1.29, 1.82) is 0 Å². The van der Waals surface area contributed by atoms with Gasteiger partial charge in [0.15, 0.2) is 6.10 Å². The van der Waals surface area contributed by atoms with Gasteiger partial charge in [-0.15, -0.1) is 0 Å². The molecule has 0 fully saturated rings. The maximum atomic E-state index is 12.9. The lowest BCUT2D eigenvalue weighted by Gasteiger charge is -2.24. The Morgan fingerprint density at radius 3 is 0.889 bits per heavy atom. The van der Waals surface area contributed by atoms with Crippen molar-refractivity contribution in [2.45, 2.75) is 277 Å². The van der Waals surface area contributed by atoms with E-state index < -0.39 is 26.5 Å². The Bertz CT molecular complexity index is 2130. The van der Waals surface area contributed by atoms with Crippen LogP contribution in [0.2, 0.25) is 0 Å². The van der Waals surface area contributed by atoms with E-state index in [9.17, 15) is 19.0 Å². The van der Waals surface area contributed by atoms with Gasteiger partial charge in [0.1, 0.15) is 19.8 Å². The smallest absolute Gasteiger partial charge is 0.462 e. The minimum atomic E-state index is -4.41. The van der Waals surface area contributed by atoms with Gasteiger partial charge in [-0.3, -0.25) is 18.6 Å². The number of unbranched alkanes of at least 4 members (excludes halogenated alkanes) is 22. The number of hydrogen-bond acceptors (Lipinski definition) is 7. The van der Waals surface area contributed by atoms with Gasteiger partial charge < -0.3 is 18.9 Å². The summed E-state index contributed by atoms with van der Waals surface area (Å²) in [5.41, 5.74) is 0. The van der Waals surface area contributed by atoms with Crippen LogP contribution in [0.1, 0.15) is 271 Å². The number of hydrogen-bond donors (Lipinski definition) is 1. The summed E-state index contributed by atoms with van der Waals surface area (Å²) >= 11 is 0. The van der Waals surface area contributed by atoms with Crippen molar-refractivity contribution in [2.24, 2.45) is 0 Å². The van der Waals surface area contributed by atoms with E-state index in [4.69, 9.17) is 18.5 Å². The number of carbonyl (C=O) groups is 2. The van der Waals surface area contributed by atoms with Crippen molar-refractivity contribution in [1.82, 2.24) is 0 Å². The lowest BCUT2D eigenvalue weighted by atomic mass is 10.0. The zero-order valence-corrected chi connectivity index (χ0v) is 58.9. The topological polar surface area (TPSA) is 108 Å². The maximum absolute atomic E-state index is 12.9. The summed E-state index contributed by atoms with van der Waals surface area (Å²) in [5, 5.41) is 0. The van der Waals surface area contributed by atoms with Crippen molar-refractivity contribution >= 4 is 19.8 Å². The van der Waals surface area contributed by atoms with E-state index >= 15 is 0 Å². The highest BCUT2D eigenvalue weighted by Gasteiger charge is 2.27. The minimum absolute atomic E-state index is 0.0227. The molecule has 0 aliphatic carbocycles. The average molecular weight is 1270 g/mol. The molecule has 2 unspecified atom stereocenters. The van der Waals surface area contributed by atoms with E-state index in [2.05, 4.69) is 184 Å². The largest absolute Gasteiger partial charge is 0.472 e. The normalized spacial score (nSPS) is 14.2. The molecule has 0 aliphatic rings. The molecule has 1 N–H and O–H groups in total. The summed E-state index contributed by atoms with van der Waals surface area (Å²) in [6, 6.07) is 0. The highest BCUT2D eigenvalue weighted by atomic mass is 31.2. The number of phosphoric acid groups is 1. The Morgan fingerprint density at radius 1 is 0.344 bits per heavy atom. The van der Waals surface area contributed by atoms with Crippen molar-refractivity contribution in [3.8, 4) is 0 Å². The van der Waals surface area contributed by atoms with Crippen LogP contribution in [0.3, 0.4) is 0 Å². The number of likely N-dealkylation sites (N-methyl/N-ethyl adjacent to an activating group) is 1. The van der Waals surface area contributed by atoms with E-state index in [0.717, 1.165) is 141 Å². The molecule has 0 spiro atoms. The molecule has 10 heteroatoms. The summed E-state index contributed by atoms with van der Waals surface area (Å²) in [6.07, 6.45) is 104. The number of phosphoric ester groups is 1. The highest BCUT2D eigenvalue weighted by Crippen LogP contribution is 2.43. The molecule has 0 radical (unpaired) electrons. The number of carbonyl (C=O) groups excluding carboxylic acids is 2. The van der Waals surface area contributed by atoms with E-state index in [1.54, 1.807) is 0 Å². The Hall–Kier alpha value is -4.63. The molecular weight excluding hydrogens is 1130 g/mol. The average Bonchev–Trinajstić information content (AvgIpc) is 3.58. The number of allylic oxidation sites excluding steroid dienone is 28. The standard InChI is InChI=1S/C80H132NO8P/c1-6-8-10-12-14-16-18-20-22-24-26-28-30-32-34-36-37-38-39-40-41-42-43-45-47-49-51-53-55-57-59-61-63-65-67-69-71-73-80(83)89-78(77-88-90(84,85)87-75-74-81(3,4)5)76-86-79(82)72-70-68-66-64-62-60-58-56-54-52-50-48-46-44-35-33-31-29-27-25-23-21-19-17-15-13-11-9-7-2/h8-11,14-17,20-23,26-29,32-35,37-38,40-41,43,45-46,48,78H,6-7,12-13,18-19,24-25,30-31,36,39,42,44,47,49-77H2,1-5H3/p+1/b10-8-,11-9-,16-14-,17-15-,22-20-,23-21-,28-26-,29-27-,34-32-,35-33-,38-37-,41-40-,45-43-,48-46-. The van der Waals surface area contributed by atoms with Crippen molar-refractivity contribution in [3.63, 3.8) is 0 Å². The van der Waals surface area contributed by atoms with E-state index in [1.807, 2.05) is 21.1 Å². The van der Waals surface area contributed by atoms with Gasteiger partial charge in [-0.1, -0.05) is 300 Å². The fourth-order valence-electron chi connectivity index (χ4n) is 9.33. The lowest BCUT2D eigenvalue weighted by molar-refractivity contribution is -0.870. The molecule has 0 saturated heterocycles. The molecule has 0 amide bonds. The number of quaternary nitrogens is 1. The molecule has 0 aromatic rings. The Kier molecular flexibility index (Phi) is 65.2. The van der Waals surface area contributed by atoms with Gasteiger partial charge in [0.25, 0.3) is 0 Å². The first-order chi connectivity index (χ1) is 44.0. The van der Waals surface area contributed by atoms with Crippen molar-refractivity contribution < 1.29 is 42.1 Å². The molecule has 0 rings (SSSR count). The number of esters is 2. The van der Waals surface area contributed by atoms with Gasteiger partial charge in [0.2, 0.25) is 0 Å². The molecule has 0 bridgehead atoms. The summed E-state index contributed by atoms with van der Waals surface area (Å²) in [6.45, 7) is 4.19. The van der Waals surface area contributed by atoms with Crippen molar-refractivity contribution in [3.05, 3.63) is 170 Å². The van der Waals surface area contributed by atoms with Gasteiger partial charge in [-0.25, -0.2) is 4.57 Å². The van der Waals surface area contributed by atoms with Crippen LogP contribution in [0.5, 0.6) is 0 Å². The van der Waals surface area contributed by atoms with Crippen LogP contribution in [0.25, 0.3) is 0 Å². The molecule has 9 nitrogen and oxygen atoms in total. The monoisotopic (exact) mass is 1270 g/mol. The first-order valence-electron chi connectivity index (χ1n) is 35.9. The van der Waals surface area contributed by atoms with Crippen LogP contribution in [-0.2, 0) is 32.7 Å². The number of ether oxygens (including phenoxy) is 2. The molecule has 0 aliphatic heterocycles. The van der Waals surface area contributed by atoms with Crippen LogP contribution in [0.15, 0.2) is 170 Å². The zero-order chi connectivity index (χ0) is 65.5. The third kappa shape index (κ3) is 72.4. The molecule has 0 aromatic carbocycles. The molecule has 0 heterocycles. The van der Waals surface area contributed by atoms with E-state index in [0.29, 0.717) is 17.4 Å². The summed E-state index contributed by atoms with van der Waals surface area (Å²) in [7, 11) is 1.46. The SMILES string of the molecule is CC/C=C\C/C=C\C/C=C\C/C=C\C/C=C\C/C=C\C/C=C\C/C=C\CCCCCCCCCCCCCCC(=O)OC(COC(=O)CCCCCCCCCCCC/C=C\C/C=C\C/C=C\C/C=C\C/C=C\C/C=C\CC)COP(=O)(O)OCC[N+](C)(C)C. The molecule has 2 atom stereocenters. The predicted molar refractivity (Wildman–Crippen MR) is 389 cm³/mol. The Morgan fingerprint density at radius 2 is 0.600 bits per heavy atom. The highest BCUT2D eigenvalue weighted by molar-refractivity contribution is 7.47. The second-order valence-electron chi connectivity index (χ2n) is 24.5. The van der Waals surface area contributed by atoms with Gasteiger partial charge in [0, 0.05) is 12.8 Å². The fraction of sp³-hybridized carbons (Fsp3) is 0.625. The first kappa shape index (κ1) is 85.4. The van der Waals surface area contributed by atoms with Crippen molar-refractivity contribution in [2.75, 3.05) is 47.5 Å². The third-order valence-electron chi connectivity index (χ3n) is 14.7. The maximum Gasteiger partial charge on any atom is 0.472 e. The minimum Gasteiger partial charge on any atom is -0.462 e.